The lowest BCUT2D eigenvalue weighted by Crippen LogP contribution is -2.47. The van der Waals surface area contributed by atoms with Gasteiger partial charge in [-0.3, -0.25) is 4.79 Å². The highest BCUT2D eigenvalue weighted by molar-refractivity contribution is 7.98. The number of ether oxygens (including phenoxy) is 2. The molecule has 11 heteroatoms. The Morgan fingerprint density at radius 2 is 2.26 bits per heavy atom. The molecule has 1 aliphatic heterocycles. The lowest BCUT2D eigenvalue weighted by atomic mass is 10.1. The van der Waals surface area contributed by atoms with Gasteiger partial charge in [0.2, 0.25) is 11.0 Å². The van der Waals surface area contributed by atoms with Gasteiger partial charge in [0.05, 0.1) is 28.9 Å². The fraction of sp³-hybridized carbons (Fsp3) is 0.350. The maximum absolute atomic E-state index is 13.0. The molecule has 0 spiro atoms. The summed E-state index contributed by atoms with van der Waals surface area (Å²) in [5.41, 5.74) is 4.15. The van der Waals surface area contributed by atoms with E-state index in [-0.39, 0.29) is 12.0 Å². The standard InChI is InChI=1S/C20H20N6O3S2/c1-12-7-17(26-19(22-12)23-20(24-26)30-2)29-10-14-9-25(5-6-28-14)18(27)13-3-4-15-16(8-13)31-11-21-15/h3-4,7-8,11,14H,5-6,9-10H2,1-2H3. The fourth-order valence-corrected chi connectivity index (χ4v) is 4.53. The average Bonchev–Trinajstić information content (AvgIpc) is 3.43. The molecule has 1 unspecified atom stereocenters. The van der Waals surface area contributed by atoms with Crippen LogP contribution in [0, 0.1) is 6.92 Å². The molecular formula is C20H20N6O3S2. The number of rotatable bonds is 5. The lowest BCUT2D eigenvalue weighted by molar-refractivity contribution is -0.0410. The third kappa shape index (κ3) is 4.08. The normalized spacial score (nSPS) is 16.8. The van der Waals surface area contributed by atoms with Crippen LogP contribution in [0.2, 0.25) is 0 Å². The quantitative estimate of drug-likeness (QED) is 0.423. The molecule has 4 aromatic rings. The Morgan fingerprint density at radius 3 is 3.13 bits per heavy atom. The Bertz CT molecular complexity index is 1260. The average molecular weight is 457 g/mol. The Hall–Kier alpha value is -2.76. The van der Waals surface area contributed by atoms with Crippen LogP contribution in [0.1, 0.15) is 16.1 Å². The molecule has 0 bridgehead atoms. The van der Waals surface area contributed by atoms with Crippen LogP contribution in [-0.4, -0.2) is 74.0 Å². The number of carbonyl (C=O) groups is 1. The first-order valence-corrected chi connectivity index (χ1v) is 11.9. The number of thiazole rings is 1. The van der Waals surface area contributed by atoms with Gasteiger partial charge >= 0.3 is 0 Å². The van der Waals surface area contributed by atoms with Crippen molar-refractivity contribution in [2.75, 3.05) is 32.6 Å². The van der Waals surface area contributed by atoms with Gasteiger partial charge in [0.1, 0.15) is 12.7 Å². The SMILES string of the molecule is CSc1nc2nc(C)cc(OCC3CN(C(=O)c4ccc5ncsc5c4)CCO3)n2n1. The second-order valence-corrected chi connectivity index (χ2v) is 8.80. The topological polar surface area (TPSA) is 94.7 Å². The van der Waals surface area contributed by atoms with Crippen molar-refractivity contribution in [3.63, 3.8) is 0 Å². The minimum Gasteiger partial charge on any atom is -0.475 e. The van der Waals surface area contributed by atoms with Crippen molar-refractivity contribution < 1.29 is 14.3 Å². The zero-order valence-corrected chi connectivity index (χ0v) is 18.7. The number of morpholine rings is 1. The lowest BCUT2D eigenvalue weighted by Gasteiger charge is -2.32. The molecule has 160 valence electrons. The summed E-state index contributed by atoms with van der Waals surface area (Å²) in [5.74, 6) is 1.05. The molecule has 1 aliphatic rings. The van der Waals surface area contributed by atoms with Crippen molar-refractivity contribution in [3.05, 3.63) is 41.0 Å². The molecule has 0 N–H and O–H groups in total. The third-order valence-electron chi connectivity index (χ3n) is 4.99. The van der Waals surface area contributed by atoms with Crippen molar-refractivity contribution >= 4 is 45.0 Å². The second-order valence-electron chi connectivity index (χ2n) is 7.14. The Balaban J connectivity index is 1.28. The van der Waals surface area contributed by atoms with Gasteiger partial charge in [-0.15, -0.1) is 16.4 Å². The molecule has 1 atom stereocenters. The van der Waals surface area contributed by atoms with E-state index < -0.39 is 0 Å². The number of nitrogens with zero attached hydrogens (tertiary/aromatic N) is 6. The monoisotopic (exact) mass is 456 g/mol. The first-order chi connectivity index (χ1) is 15.1. The van der Waals surface area contributed by atoms with E-state index in [1.165, 1.54) is 23.1 Å². The van der Waals surface area contributed by atoms with Crippen LogP contribution in [0.15, 0.2) is 34.9 Å². The summed E-state index contributed by atoms with van der Waals surface area (Å²) in [7, 11) is 0. The predicted octanol–water partition coefficient (Wildman–Crippen LogP) is 2.68. The van der Waals surface area contributed by atoms with Crippen molar-refractivity contribution in [2.45, 2.75) is 18.2 Å². The molecule has 5 rings (SSSR count). The highest BCUT2D eigenvalue weighted by Gasteiger charge is 2.26. The second kappa shape index (κ2) is 8.40. The Morgan fingerprint density at radius 1 is 1.35 bits per heavy atom. The number of hydrogen-bond acceptors (Lipinski definition) is 9. The van der Waals surface area contributed by atoms with E-state index in [9.17, 15) is 4.79 Å². The van der Waals surface area contributed by atoms with Gasteiger partial charge in [-0.1, -0.05) is 11.8 Å². The van der Waals surface area contributed by atoms with E-state index in [2.05, 4.69) is 20.1 Å². The minimum absolute atomic E-state index is 0.00775. The van der Waals surface area contributed by atoms with Crippen molar-refractivity contribution in [1.29, 1.82) is 0 Å². The van der Waals surface area contributed by atoms with Crippen LogP contribution in [-0.2, 0) is 4.74 Å². The molecule has 0 radical (unpaired) electrons. The molecule has 1 aromatic carbocycles. The third-order valence-corrected chi connectivity index (χ3v) is 6.32. The molecule has 1 amide bonds. The summed E-state index contributed by atoms with van der Waals surface area (Å²) in [5, 5.41) is 5.04. The highest BCUT2D eigenvalue weighted by atomic mass is 32.2. The van der Waals surface area contributed by atoms with Crippen molar-refractivity contribution in [2.24, 2.45) is 0 Å². The smallest absolute Gasteiger partial charge is 0.256 e. The van der Waals surface area contributed by atoms with Gasteiger partial charge in [-0.25, -0.2) is 9.97 Å². The van der Waals surface area contributed by atoms with Crippen LogP contribution < -0.4 is 4.74 Å². The van der Waals surface area contributed by atoms with Crippen molar-refractivity contribution in [1.82, 2.24) is 29.5 Å². The highest BCUT2D eigenvalue weighted by Crippen LogP contribution is 2.22. The number of hydrogen-bond donors (Lipinski definition) is 0. The van der Waals surface area contributed by atoms with Gasteiger partial charge in [-0.05, 0) is 31.4 Å². The molecule has 0 aliphatic carbocycles. The summed E-state index contributed by atoms with van der Waals surface area (Å²) < 4.78 is 14.5. The minimum atomic E-state index is -0.239. The van der Waals surface area contributed by atoms with Gasteiger partial charge in [0.25, 0.3) is 11.7 Å². The summed E-state index contributed by atoms with van der Waals surface area (Å²) in [4.78, 5) is 27.9. The Labute approximate surface area is 186 Å². The van der Waals surface area contributed by atoms with E-state index in [0.717, 1.165) is 15.9 Å². The van der Waals surface area contributed by atoms with Gasteiger partial charge in [0, 0.05) is 23.9 Å². The van der Waals surface area contributed by atoms with E-state index in [1.54, 1.807) is 10.0 Å². The van der Waals surface area contributed by atoms with E-state index in [4.69, 9.17) is 9.47 Å². The largest absolute Gasteiger partial charge is 0.475 e. The first kappa shape index (κ1) is 20.2. The number of aryl methyl sites for hydroxylation is 1. The molecular weight excluding hydrogens is 436 g/mol. The number of carbonyl (C=O) groups excluding carboxylic acids is 1. The van der Waals surface area contributed by atoms with Crippen LogP contribution in [0.3, 0.4) is 0 Å². The molecule has 1 fully saturated rings. The Kier molecular flexibility index (Phi) is 5.47. The van der Waals surface area contributed by atoms with Gasteiger partial charge in [0.15, 0.2) is 0 Å². The fourth-order valence-electron chi connectivity index (χ4n) is 3.48. The molecule has 3 aromatic heterocycles. The molecule has 31 heavy (non-hydrogen) atoms. The molecule has 4 heterocycles. The number of thioether (sulfide) groups is 1. The predicted molar refractivity (Wildman–Crippen MR) is 118 cm³/mol. The van der Waals surface area contributed by atoms with E-state index >= 15 is 0 Å². The summed E-state index contributed by atoms with van der Waals surface area (Å²) in [6.45, 7) is 3.66. The van der Waals surface area contributed by atoms with Crippen molar-refractivity contribution in [3.8, 4) is 5.88 Å². The summed E-state index contributed by atoms with van der Waals surface area (Å²) in [6.07, 6.45) is 1.67. The van der Waals surface area contributed by atoms with Crippen LogP contribution in [0.4, 0.5) is 0 Å². The molecule has 9 nitrogen and oxygen atoms in total. The van der Waals surface area contributed by atoms with Gasteiger partial charge in [-0.2, -0.15) is 9.50 Å². The maximum atomic E-state index is 13.0. The van der Waals surface area contributed by atoms with Crippen LogP contribution >= 0.6 is 23.1 Å². The number of aromatic nitrogens is 5. The zero-order valence-electron chi connectivity index (χ0n) is 17.0. The number of benzene rings is 1. The maximum Gasteiger partial charge on any atom is 0.256 e. The summed E-state index contributed by atoms with van der Waals surface area (Å²) >= 11 is 2.98. The van der Waals surface area contributed by atoms with Gasteiger partial charge < -0.3 is 14.4 Å². The van der Waals surface area contributed by atoms with E-state index in [1.807, 2.05) is 42.3 Å². The van der Waals surface area contributed by atoms with E-state index in [0.29, 0.717) is 48.7 Å². The van der Waals surface area contributed by atoms with Crippen LogP contribution in [0.25, 0.3) is 16.0 Å². The molecule has 0 saturated carbocycles. The number of fused-ring (bicyclic) bond motifs is 2. The first-order valence-electron chi connectivity index (χ1n) is 9.76. The zero-order chi connectivity index (χ0) is 21.4. The summed E-state index contributed by atoms with van der Waals surface area (Å²) in [6, 6.07) is 7.44. The molecule has 1 saturated heterocycles. The van der Waals surface area contributed by atoms with Crippen LogP contribution in [0.5, 0.6) is 5.88 Å². The number of amides is 1.